The van der Waals surface area contributed by atoms with Crippen molar-refractivity contribution in [2.75, 3.05) is 5.32 Å². The summed E-state index contributed by atoms with van der Waals surface area (Å²) in [4.78, 5) is 15.2. The van der Waals surface area contributed by atoms with Crippen LogP contribution in [-0.2, 0) is 0 Å². The third-order valence-corrected chi connectivity index (χ3v) is 2.55. The number of aromatic nitrogens is 1. The standard InChI is InChI=1S/C12H8Cl2N2O/c13-8-3-1-4-9(7-8)16-12-10(11(14)17)5-2-6-15-12/h1-7H,(H,15,16)/i1+2,3+2,4+2,7+2,8+2,9+2. The number of pyridine rings is 1. The molecule has 0 bridgehead atoms. The fourth-order valence-electron chi connectivity index (χ4n) is 1.37. The van der Waals surface area contributed by atoms with Gasteiger partial charge in [-0.15, -0.1) is 0 Å². The minimum Gasteiger partial charge on any atom is -0.340 e. The SMILES string of the molecule is O=C(Cl)c1cccnc1N[14c]1[14cH][14cH][14cH][14c](Cl)[14cH]1. The molecule has 0 aliphatic carbocycles. The molecule has 0 unspecified atom stereocenters. The highest BCUT2D eigenvalue weighted by molar-refractivity contribution is 6.68. The number of halogens is 2. The number of carbonyl (C=O) groups excluding carboxylic acids is 1. The predicted molar refractivity (Wildman–Crippen MR) is 69.2 cm³/mol. The van der Waals surface area contributed by atoms with E-state index in [1.165, 1.54) is 0 Å². The number of nitrogens with one attached hydrogen (secondary N) is 1. The molecule has 1 aromatic carbocycles. The van der Waals surface area contributed by atoms with Crippen LogP contribution in [0.4, 0.5) is 11.5 Å². The molecule has 0 amide bonds. The van der Waals surface area contributed by atoms with Crippen LogP contribution in [0.1, 0.15) is 10.4 Å². The molecule has 0 aliphatic heterocycles. The van der Waals surface area contributed by atoms with Crippen molar-refractivity contribution in [3.8, 4) is 0 Å². The average molecular weight is 279 g/mol. The minimum absolute atomic E-state index is 0.328. The Hall–Kier alpha value is -1.58. The first kappa shape index (κ1) is 11.9. The molecular formula is C12H8Cl2N2O. The molecular weight excluding hydrogens is 271 g/mol. The molecule has 1 heterocycles. The quantitative estimate of drug-likeness (QED) is 0.867. The van der Waals surface area contributed by atoms with E-state index in [1.54, 1.807) is 36.5 Å². The van der Waals surface area contributed by atoms with Crippen LogP contribution in [0.5, 0.6) is 0 Å². The van der Waals surface area contributed by atoms with Gasteiger partial charge in [0.2, 0.25) is 0 Å². The van der Waals surface area contributed by atoms with Gasteiger partial charge in [0.1, 0.15) is 5.82 Å². The number of hydrogen-bond donors (Lipinski definition) is 1. The first-order valence-corrected chi connectivity index (χ1v) is 5.60. The molecule has 86 valence electrons. The molecule has 0 saturated heterocycles. The van der Waals surface area contributed by atoms with E-state index < -0.39 is 5.24 Å². The van der Waals surface area contributed by atoms with Gasteiger partial charge in [-0.1, -0.05) is 17.7 Å². The minimum atomic E-state index is -0.553. The number of carbonyl (C=O) groups is 1. The Morgan fingerprint density at radius 2 is 2.29 bits per heavy atom. The van der Waals surface area contributed by atoms with Crippen molar-refractivity contribution in [3.63, 3.8) is 0 Å². The van der Waals surface area contributed by atoms with Crippen molar-refractivity contribution in [1.29, 1.82) is 0 Å². The number of benzene rings is 1. The van der Waals surface area contributed by atoms with E-state index in [0.29, 0.717) is 16.4 Å². The van der Waals surface area contributed by atoms with Crippen LogP contribution >= 0.6 is 23.2 Å². The fraction of sp³-hybridized carbons (Fsp3) is 0. The van der Waals surface area contributed by atoms with E-state index in [1.807, 2.05) is 6.07 Å². The van der Waals surface area contributed by atoms with E-state index >= 15 is 0 Å². The molecule has 0 atom stereocenters. The van der Waals surface area contributed by atoms with Crippen molar-refractivity contribution in [2.24, 2.45) is 0 Å². The molecule has 0 saturated carbocycles. The molecule has 1 aromatic heterocycles. The summed E-state index contributed by atoms with van der Waals surface area (Å²) >= 11 is 11.3. The van der Waals surface area contributed by atoms with Crippen LogP contribution in [0.2, 0.25) is 5.02 Å². The molecule has 2 rings (SSSR count). The summed E-state index contributed by atoms with van der Waals surface area (Å²) in [5.41, 5.74) is 1.07. The Kier molecular flexibility index (Phi) is 3.61. The maximum atomic E-state index is 11.2. The average Bonchev–Trinajstić information content (AvgIpc) is 2.29. The summed E-state index contributed by atoms with van der Waals surface area (Å²) in [5, 5.41) is 3.04. The first-order chi connectivity index (χ1) is 8.16. The zero-order valence-corrected chi connectivity index (χ0v) is 10.2. The molecule has 3 nitrogen and oxygen atoms in total. The van der Waals surface area contributed by atoms with Crippen molar-refractivity contribution >= 4 is 39.9 Å². The van der Waals surface area contributed by atoms with E-state index in [2.05, 4.69) is 10.3 Å². The Morgan fingerprint density at radius 1 is 1.47 bits per heavy atom. The fourth-order valence-corrected chi connectivity index (χ4v) is 1.71. The van der Waals surface area contributed by atoms with Crippen molar-refractivity contribution in [3.05, 3.63) is 53.2 Å². The summed E-state index contributed by atoms with van der Waals surface area (Å²) in [6.45, 7) is 0. The van der Waals surface area contributed by atoms with E-state index in [9.17, 15) is 4.79 Å². The van der Waals surface area contributed by atoms with Crippen LogP contribution in [0, 0.1) is 0 Å². The Morgan fingerprint density at radius 3 is 3.00 bits per heavy atom. The van der Waals surface area contributed by atoms with Gasteiger partial charge in [-0.3, -0.25) is 4.79 Å². The van der Waals surface area contributed by atoms with Crippen molar-refractivity contribution in [2.45, 2.75) is 0 Å². The molecule has 0 aliphatic rings. The molecule has 0 spiro atoms. The number of anilines is 2. The highest BCUT2D eigenvalue weighted by Crippen LogP contribution is 2.22. The third-order valence-electron chi connectivity index (χ3n) is 2.11. The van der Waals surface area contributed by atoms with Gasteiger partial charge in [-0.25, -0.2) is 4.98 Å². The summed E-state index contributed by atoms with van der Waals surface area (Å²) in [6, 6.07) is 10.4. The first-order valence-electron chi connectivity index (χ1n) is 4.84. The zero-order valence-electron chi connectivity index (χ0n) is 8.65. The van der Waals surface area contributed by atoms with Gasteiger partial charge in [-0.2, -0.15) is 0 Å². The second-order valence-electron chi connectivity index (χ2n) is 3.31. The van der Waals surface area contributed by atoms with Crippen LogP contribution in [-0.4, -0.2) is 10.2 Å². The van der Waals surface area contributed by atoms with Gasteiger partial charge in [0.05, 0.1) is 5.56 Å². The van der Waals surface area contributed by atoms with Crippen LogP contribution in [0.3, 0.4) is 0 Å². The second kappa shape index (κ2) is 5.17. The second-order valence-corrected chi connectivity index (χ2v) is 4.09. The van der Waals surface area contributed by atoms with Gasteiger partial charge in [0.15, 0.2) is 0 Å². The third kappa shape index (κ3) is 2.96. The number of hydrogen-bond acceptors (Lipinski definition) is 3. The Balaban J connectivity index is 2.33. The van der Waals surface area contributed by atoms with Gasteiger partial charge < -0.3 is 5.32 Å². The number of nitrogens with zero attached hydrogens (tertiary/aromatic N) is 1. The maximum Gasteiger partial charge on any atom is 0.256 e. The normalized spacial score (nSPS) is 10.0. The van der Waals surface area contributed by atoms with Crippen molar-refractivity contribution in [1.82, 2.24) is 4.98 Å². The smallest absolute Gasteiger partial charge is 0.256 e. The molecule has 1 N–H and O–H groups in total. The maximum absolute atomic E-state index is 11.2. The lowest BCUT2D eigenvalue weighted by atomic mass is 10.3. The largest absolute Gasteiger partial charge is 0.340 e. The zero-order chi connectivity index (χ0) is 12.3. The van der Waals surface area contributed by atoms with Crippen LogP contribution < -0.4 is 5.32 Å². The van der Waals surface area contributed by atoms with Crippen molar-refractivity contribution < 1.29 is 4.79 Å². The number of rotatable bonds is 3. The van der Waals surface area contributed by atoms with Gasteiger partial charge in [0, 0.05) is 16.9 Å². The van der Waals surface area contributed by atoms with Crippen LogP contribution in [0.15, 0.2) is 42.6 Å². The summed E-state index contributed by atoms with van der Waals surface area (Å²) in [7, 11) is 0. The lowest BCUT2D eigenvalue weighted by Crippen LogP contribution is -2.00. The molecule has 17 heavy (non-hydrogen) atoms. The summed E-state index contributed by atoms with van der Waals surface area (Å²) in [5.74, 6) is 0.412. The van der Waals surface area contributed by atoms with Gasteiger partial charge in [0.25, 0.3) is 5.24 Å². The Labute approximate surface area is 108 Å². The molecule has 0 fully saturated rings. The summed E-state index contributed by atoms with van der Waals surface area (Å²) in [6.07, 6.45) is 1.58. The molecule has 5 heteroatoms. The lowest BCUT2D eigenvalue weighted by molar-refractivity contribution is 0.108. The predicted octanol–water partition coefficient (Wildman–Crippen LogP) is 3.86. The van der Waals surface area contributed by atoms with Gasteiger partial charge >= 0.3 is 0 Å². The topological polar surface area (TPSA) is 42.0 Å². The summed E-state index contributed by atoms with van der Waals surface area (Å²) < 4.78 is 0. The molecule has 2 aromatic rings. The lowest BCUT2D eigenvalue weighted by Gasteiger charge is -2.08. The Bertz CT molecular complexity index is 558. The van der Waals surface area contributed by atoms with E-state index in [0.717, 1.165) is 5.69 Å². The van der Waals surface area contributed by atoms with Gasteiger partial charge in [-0.05, 0) is 41.9 Å². The molecule has 0 radical (unpaired) electrons. The highest BCUT2D eigenvalue weighted by Gasteiger charge is 2.09. The van der Waals surface area contributed by atoms with Crippen LogP contribution in [0.25, 0.3) is 0 Å². The van der Waals surface area contributed by atoms with E-state index in [4.69, 9.17) is 23.2 Å². The highest BCUT2D eigenvalue weighted by atomic mass is 35.5. The van der Waals surface area contributed by atoms with E-state index in [-0.39, 0.29) is 0 Å². The monoisotopic (exact) mass is 278 g/mol.